The maximum Gasteiger partial charge on any atom is 0.232 e. The summed E-state index contributed by atoms with van der Waals surface area (Å²) in [4.78, 5) is 16.6. The number of carbonyl (C=O) groups excluding carboxylic acids is 1. The molecule has 0 bridgehead atoms. The number of halogens is 1. The van der Waals surface area contributed by atoms with Crippen LogP contribution in [0.2, 0.25) is 0 Å². The zero-order valence-electron chi connectivity index (χ0n) is 12.1. The third-order valence-corrected chi connectivity index (χ3v) is 3.97. The lowest BCUT2D eigenvalue weighted by atomic mass is 10.0. The van der Waals surface area contributed by atoms with Crippen molar-refractivity contribution in [3.63, 3.8) is 0 Å². The molecular formula is C15H18FN3O2. The Balaban J connectivity index is 1.91. The first kappa shape index (κ1) is 14.0. The molecule has 1 amide bonds. The number of carbonyl (C=O) groups is 1. The third kappa shape index (κ3) is 2.51. The van der Waals surface area contributed by atoms with Crippen molar-refractivity contribution in [1.29, 1.82) is 0 Å². The van der Waals surface area contributed by atoms with Gasteiger partial charge in [-0.3, -0.25) is 10.1 Å². The van der Waals surface area contributed by atoms with Crippen LogP contribution in [0.1, 0.15) is 20.3 Å². The summed E-state index contributed by atoms with van der Waals surface area (Å²) in [6, 6.07) is 4.45. The van der Waals surface area contributed by atoms with Crippen LogP contribution in [0.25, 0.3) is 11.0 Å². The minimum atomic E-state index is -0.334. The van der Waals surface area contributed by atoms with E-state index in [1.165, 1.54) is 12.1 Å². The van der Waals surface area contributed by atoms with E-state index in [4.69, 9.17) is 4.74 Å². The van der Waals surface area contributed by atoms with Crippen LogP contribution in [0.5, 0.6) is 0 Å². The average molecular weight is 291 g/mol. The molecule has 2 atom stereocenters. The summed E-state index contributed by atoms with van der Waals surface area (Å²) in [6.45, 7) is 5.11. The highest BCUT2D eigenvalue weighted by Crippen LogP contribution is 2.24. The number of aryl methyl sites for hydroxylation is 1. The van der Waals surface area contributed by atoms with E-state index >= 15 is 0 Å². The first-order valence-corrected chi connectivity index (χ1v) is 7.18. The Hall–Kier alpha value is -1.95. The van der Waals surface area contributed by atoms with Crippen LogP contribution in [0.3, 0.4) is 0 Å². The number of rotatable bonds is 3. The van der Waals surface area contributed by atoms with Crippen molar-refractivity contribution in [1.82, 2.24) is 9.55 Å². The lowest BCUT2D eigenvalue weighted by Crippen LogP contribution is -2.29. The van der Waals surface area contributed by atoms with Crippen LogP contribution in [0.4, 0.5) is 10.3 Å². The molecule has 1 fully saturated rings. The van der Waals surface area contributed by atoms with Crippen LogP contribution >= 0.6 is 0 Å². The van der Waals surface area contributed by atoms with Crippen LogP contribution in [-0.4, -0.2) is 28.2 Å². The van der Waals surface area contributed by atoms with Gasteiger partial charge in [-0.25, -0.2) is 9.37 Å². The molecular weight excluding hydrogens is 273 g/mol. The molecule has 1 N–H and O–H groups in total. The lowest BCUT2D eigenvalue weighted by molar-refractivity contribution is -0.121. The SMILES string of the molecule is CCn1c(NC(=O)[C@@H]2CCO[C@@H]2C)nc2cc(F)ccc21. The quantitative estimate of drug-likeness (QED) is 0.945. The van der Waals surface area contributed by atoms with Gasteiger partial charge in [0, 0.05) is 19.2 Å². The van der Waals surface area contributed by atoms with E-state index < -0.39 is 0 Å². The number of nitrogens with zero attached hydrogens (tertiary/aromatic N) is 2. The number of imidazole rings is 1. The van der Waals surface area contributed by atoms with E-state index in [1.807, 2.05) is 18.4 Å². The molecule has 21 heavy (non-hydrogen) atoms. The van der Waals surface area contributed by atoms with Gasteiger partial charge in [0.25, 0.3) is 0 Å². The molecule has 6 heteroatoms. The summed E-state index contributed by atoms with van der Waals surface area (Å²) in [5.41, 5.74) is 1.35. The van der Waals surface area contributed by atoms with Crippen molar-refractivity contribution in [3.8, 4) is 0 Å². The molecule has 0 saturated carbocycles. The van der Waals surface area contributed by atoms with Gasteiger partial charge in [0.15, 0.2) is 0 Å². The van der Waals surface area contributed by atoms with Crippen LogP contribution in [0.15, 0.2) is 18.2 Å². The molecule has 0 spiro atoms. The molecule has 112 valence electrons. The van der Waals surface area contributed by atoms with Gasteiger partial charge < -0.3 is 9.30 Å². The molecule has 0 radical (unpaired) electrons. The Kier molecular flexibility index (Phi) is 3.63. The van der Waals surface area contributed by atoms with Crippen LogP contribution in [0, 0.1) is 11.7 Å². The Morgan fingerprint density at radius 2 is 2.38 bits per heavy atom. The minimum absolute atomic E-state index is 0.0816. The second kappa shape index (κ2) is 5.44. The van der Waals surface area contributed by atoms with E-state index in [-0.39, 0.29) is 23.7 Å². The van der Waals surface area contributed by atoms with Gasteiger partial charge in [0.1, 0.15) is 5.82 Å². The molecule has 1 aliphatic rings. The van der Waals surface area contributed by atoms with Crippen molar-refractivity contribution < 1.29 is 13.9 Å². The van der Waals surface area contributed by atoms with Gasteiger partial charge in [0.05, 0.1) is 23.1 Å². The van der Waals surface area contributed by atoms with Crippen molar-refractivity contribution in [3.05, 3.63) is 24.0 Å². The number of aromatic nitrogens is 2. The van der Waals surface area contributed by atoms with E-state index in [0.29, 0.717) is 31.0 Å². The summed E-state index contributed by atoms with van der Waals surface area (Å²) in [5, 5.41) is 2.85. The molecule has 2 aromatic rings. The normalized spacial score (nSPS) is 21.9. The fourth-order valence-electron chi connectivity index (χ4n) is 2.80. The van der Waals surface area contributed by atoms with Crippen LogP contribution < -0.4 is 5.32 Å². The van der Waals surface area contributed by atoms with Gasteiger partial charge >= 0.3 is 0 Å². The highest BCUT2D eigenvalue weighted by Gasteiger charge is 2.31. The largest absolute Gasteiger partial charge is 0.378 e. The fourth-order valence-corrected chi connectivity index (χ4v) is 2.80. The van der Waals surface area contributed by atoms with Gasteiger partial charge in [0.2, 0.25) is 11.9 Å². The number of anilines is 1. The molecule has 1 aromatic heterocycles. The molecule has 3 rings (SSSR count). The second-order valence-electron chi connectivity index (χ2n) is 5.27. The van der Waals surface area contributed by atoms with Crippen molar-refractivity contribution >= 4 is 22.9 Å². The van der Waals surface area contributed by atoms with Gasteiger partial charge in [-0.05, 0) is 32.4 Å². The maximum atomic E-state index is 13.3. The zero-order valence-corrected chi connectivity index (χ0v) is 12.1. The number of amides is 1. The van der Waals surface area contributed by atoms with E-state index in [1.54, 1.807) is 6.07 Å². The van der Waals surface area contributed by atoms with Crippen molar-refractivity contribution in [2.45, 2.75) is 32.9 Å². The Morgan fingerprint density at radius 3 is 3.05 bits per heavy atom. The first-order chi connectivity index (χ1) is 10.1. The van der Waals surface area contributed by atoms with Crippen molar-refractivity contribution in [2.24, 2.45) is 5.92 Å². The zero-order chi connectivity index (χ0) is 15.0. The summed E-state index contributed by atoms with van der Waals surface area (Å²) in [6.07, 6.45) is 0.635. The highest BCUT2D eigenvalue weighted by atomic mass is 19.1. The molecule has 0 unspecified atom stereocenters. The van der Waals surface area contributed by atoms with Crippen molar-refractivity contribution in [2.75, 3.05) is 11.9 Å². The number of nitrogens with one attached hydrogen (secondary N) is 1. The minimum Gasteiger partial charge on any atom is -0.378 e. The number of hydrogen-bond acceptors (Lipinski definition) is 3. The fraction of sp³-hybridized carbons (Fsp3) is 0.467. The summed E-state index contributed by atoms with van der Waals surface area (Å²) in [7, 11) is 0. The third-order valence-electron chi connectivity index (χ3n) is 3.97. The monoisotopic (exact) mass is 291 g/mol. The molecule has 5 nitrogen and oxygen atoms in total. The van der Waals surface area contributed by atoms with E-state index in [9.17, 15) is 9.18 Å². The van der Waals surface area contributed by atoms with Gasteiger partial charge in [-0.1, -0.05) is 0 Å². The molecule has 1 aromatic carbocycles. The maximum absolute atomic E-state index is 13.3. The second-order valence-corrected chi connectivity index (χ2v) is 5.27. The Labute approximate surface area is 122 Å². The number of fused-ring (bicyclic) bond motifs is 1. The number of hydrogen-bond donors (Lipinski definition) is 1. The Morgan fingerprint density at radius 1 is 1.57 bits per heavy atom. The summed E-state index contributed by atoms with van der Waals surface area (Å²) >= 11 is 0. The topological polar surface area (TPSA) is 56.2 Å². The first-order valence-electron chi connectivity index (χ1n) is 7.18. The van der Waals surface area contributed by atoms with E-state index in [0.717, 1.165) is 5.52 Å². The standard InChI is InChI=1S/C15H18FN3O2/c1-3-19-13-5-4-10(16)8-12(13)17-15(19)18-14(20)11-6-7-21-9(11)2/h4-5,8-9,11H,3,6-7H2,1-2H3,(H,17,18,20)/t9-,11-/m1/s1. The average Bonchev–Trinajstić information content (AvgIpc) is 3.01. The van der Waals surface area contributed by atoms with Gasteiger partial charge in [-0.2, -0.15) is 0 Å². The molecule has 1 aliphatic heterocycles. The number of benzene rings is 1. The predicted octanol–water partition coefficient (Wildman–Crippen LogP) is 2.56. The smallest absolute Gasteiger partial charge is 0.232 e. The summed E-state index contributed by atoms with van der Waals surface area (Å²) < 4.78 is 20.6. The van der Waals surface area contributed by atoms with E-state index in [2.05, 4.69) is 10.3 Å². The molecule has 1 saturated heterocycles. The van der Waals surface area contributed by atoms with Crippen LogP contribution in [-0.2, 0) is 16.1 Å². The lowest BCUT2D eigenvalue weighted by Gasteiger charge is -2.14. The highest BCUT2D eigenvalue weighted by molar-refractivity contribution is 5.93. The predicted molar refractivity (Wildman–Crippen MR) is 77.5 cm³/mol. The molecule has 0 aliphatic carbocycles. The Bertz CT molecular complexity index is 683. The number of ether oxygens (including phenoxy) is 1. The van der Waals surface area contributed by atoms with Gasteiger partial charge in [-0.15, -0.1) is 0 Å². The summed E-state index contributed by atoms with van der Waals surface area (Å²) in [5.74, 6) is -0.126. The molecule has 2 heterocycles.